The predicted octanol–water partition coefficient (Wildman–Crippen LogP) is 2.16. The summed E-state index contributed by atoms with van der Waals surface area (Å²) in [6.07, 6.45) is 4.63. The van der Waals surface area contributed by atoms with Crippen molar-refractivity contribution in [3.63, 3.8) is 0 Å². The largest absolute Gasteiger partial charge is 0.387 e. The maximum absolute atomic E-state index is 7.39. The molecule has 82 valence electrons. The first-order chi connectivity index (χ1) is 6.52. The molecule has 0 bridgehead atoms. The van der Waals surface area contributed by atoms with Gasteiger partial charge in [-0.05, 0) is 31.6 Å². The third-order valence-electron chi connectivity index (χ3n) is 2.87. The fraction of sp³-hybridized carbons (Fsp3) is 0.909. The molecule has 0 heterocycles. The number of nitrogens with two attached hydrogens (primary N) is 1. The Morgan fingerprint density at radius 3 is 2.64 bits per heavy atom. The minimum Gasteiger partial charge on any atom is -0.387 e. The molecule has 14 heavy (non-hydrogen) atoms. The summed E-state index contributed by atoms with van der Waals surface area (Å²) in [4.78, 5) is 0. The molecule has 0 aromatic heterocycles. The Kier molecular flexibility index (Phi) is 3.93. The molecule has 1 rings (SSSR count). The first-order valence-electron chi connectivity index (χ1n) is 5.44. The van der Waals surface area contributed by atoms with E-state index in [0.29, 0.717) is 0 Å². The van der Waals surface area contributed by atoms with Gasteiger partial charge in [0.15, 0.2) is 0 Å². The van der Waals surface area contributed by atoms with Crippen molar-refractivity contribution >= 4 is 5.84 Å². The zero-order valence-electron chi connectivity index (χ0n) is 9.31. The lowest BCUT2D eigenvalue weighted by atomic mass is 9.87. The summed E-state index contributed by atoms with van der Waals surface area (Å²) in [5, 5.41) is 7.39. The van der Waals surface area contributed by atoms with Crippen LogP contribution in [0.1, 0.15) is 39.5 Å². The standard InChI is InChI=1S/C11H22N2O/c1-11(2,10(12)13)6-3-7-14-8-9-4-5-9/h9H,3-8H2,1-2H3,(H3,12,13). The lowest BCUT2D eigenvalue weighted by Crippen LogP contribution is -2.31. The molecule has 1 fully saturated rings. The SMILES string of the molecule is CC(C)(CCCOCC1CC1)C(=N)N. The van der Waals surface area contributed by atoms with Crippen LogP contribution < -0.4 is 5.73 Å². The van der Waals surface area contributed by atoms with Gasteiger partial charge in [-0.15, -0.1) is 0 Å². The van der Waals surface area contributed by atoms with Crippen LogP contribution in [0.5, 0.6) is 0 Å². The maximum atomic E-state index is 7.39. The van der Waals surface area contributed by atoms with Crippen molar-refractivity contribution in [2.24, 2.45) is 17.1 Å². The Morgan fingerprint density at radius 1 is 1.50 bits per heavy atom. The van der Waals surface area contributed by atoms with Crippen molar-refractivity contribution in [3.8, 4) is 0 Å². The van der Waals surface area contributed by atoms with Gasteiger partial charge in [0.2, 0.25) is 0 Å². The average Bonchev–Trinajstić information content (AvgIpc) is 2.87. The minimum absolute atomic E-state index is 0.164. The Balaban J connectivity index is 1.98. The van der Waals surface area contributed by atoms with Crippen molar-refractivity contribution in [2.45, 2.75) is 39.5 Å². The molecule has 0 radical (unpaired) electrons. The van der Waals surface area contributed by atoms with E-state index < -0.39 is 0 Å². The number of amidine groups is 1. The summed E-state index contributed by atoms with van der Waals surface area (Å²) in [6, 6.07) is 0. The van der Waals surface area contributed by atoms with Gasteiger partial charge in [0.25, 0.3) is 0 Å². The second-order valence-corrected chi connectivity index (χ2v) is 4.92. The van der Waals surface area contributed by atoms with E-state index >= 15 is 0 Å². The molecule has 0 aromatic rings. The quantitative estimate of drug-likeness (QED) is 0.374. The van der Waals surface area contributed by atoms with Gasteiger partial charge in [-0.25, -0.2) is 0 Å². The Bertz CT molecular complexity index is 197. The van der Waals surface area contributed by atoms with Gasteiger partial charge in [-0.1, -0.05) is 13.8 Å². The van der Waals surface area contributed by atoms with Crippen LogP contribution in [-0.2, 0) is 4.74 Å². The van der Waals surface area contributed by atoms with Crippen molar-refractivity contribution in [1.29, 1.82) is 5.41 Å². The highest BCUT2D eigenvalue weighted by molar-refractivity contribution is 5.82. The predicted molar refractivity (Wildman–Crippen MR) is 58.5 cm³/mol. The van der Waals surface area contributed by atoms with E-state index in [4.69, 9.17) is 15.9 Å². The summed E-state index contributed by atoms with van der Waals surface area (Å²) in [5.41, 5.74) is 5.32. The third kappa shape index (κ3) is 4.09. The smallest absolute Gasteiger partial charge is 0.0963 e. The zero-order chi connectivity index (χ0) is 10.6. The van der Waals surface area contributed by atoms with Crippen molar-refractivity contribution in [2.75, 3.05) is 13.2 Å². The van der Waals surface area contributed by atoms with Crippen molar-refractivity contribution in [1.82, 2.24) is 0 Å². The van der Waals surface area contributed by atoms with Gasteiger partial charge in [0, 0.05) is 18.6 Å². The molecule has 0 atom stereocenters. The number of hydrogen-bond acceptors (Lipinski definition) is 2. The Hall–Kier alpha value is -0.570. The van der Waals surface area contributed by atoms with E-state index in [9.17, 15) is 0 Å². The van der Waals surface area contributed by atoms with E-state index in [-0.39, 0.29) is 11.3 Å². The molecule has 3 N–H and O–H groups in total. The molecule has 0 unspecified atom stereocenters. The van der Waals surface area contributed by atoms with Gasteiger partial charge < -0.3 is 10.5 Å². The maximum Gasteiger partial charge on any atom is 0.0963 e. The lowest BCUT2D eigenvalue weighted by Gasteiger charge is -2.22. The molecular formula is C11H22N2O. The Labute approximate surface area is 86.5 Å². The topological polar surface area (TPSA) is 59.1 Å². The van der Waals surface area contributed by atoms with E-state index in [1.807, 2.05) is 13.8 Å². The normalized spacial score (nSPS) is 17.0. The summed E-state index contributed by atoms with van der Waals surface area (Å²) < 4.78 is 5.52. The second kappa shape index (κ2) is 4.78. The zero-order valence-corrected chi connectivity index (χ0v) is 9.31. The van der Waals surface area contributed by atoms with Crippen LogP contribution in [0, 0.1) is 16.7 Å². The van der Waals surface area contributed by atoms with Gasteiger partial charge >= 0.3 is 0 Å². The monoisotopic (exact) mass is 198 g/mol. The second-order valence-electron chi connectivity index (χ2n) is 4.92. The fourth-order valence-electron chi connectivity index (χ4n) is 1.29. The molecular weight excluding hydrogens is 176 g/mol. The van der Waals surface area contributed by atoms with Gasteiger partial charge in [-0.3, -0.25) is 5.41 Å². The van der Waals surface area contributed by atoms with E-state index in [2.05, 4.69) is 0 Å². The minimum atomic E-state index is -0.164. The van der Waals surface area contributed by atoms with Crippen LogP contribution in [0.15, 0.2) is 0 Å². The average molecular weight is 198 g/mol. The molecule has 0 saturated heterocycles. The van der Waals surface area contributed by atoms with Crippen LogP contribution >= 0.6 is 0 Å². The molecule has 3 heteroatoms. The molecule has 1 aliphatic rings. The molecule has 1 aliphatic carbocycles. The third-order valence-corrected chi connectivity index (χ3v) is 2.87. The van der Waals surface area contributed by atoms with Gasteiger partial charge in [-0.2, -0.15) is 0 Å². The number of nitrogens with one attached hydrogen (secondary N) is 1. The van der Waals surface area contributed by atoms with E-state index in [0.717, 1.165) is 32.0 Å². The lowest BCUT2D eigenvalue weighted by molar-refractivity contribution is 0.116. The highest BCUT2D eigenvalue weighted by Gasteiger charge is 2.22. The summed E-state index contributed by atoms with van der Waals surface area (Å²) in [7, 11) is 0. The molecule has 0 aliphatic heterocycles. The highest BCUT2D eigenvalue weighted by Crippen LogP contribution is 2.29. The molecule has 0 amide bonds. The highest BCUT2D eigenvalue weighted by atomic mass is 16.5. The van der Waals surface area contributed by atoms with E-state index in [1.54, 1.807) is 0 Å². The van der Waals surface area contributed by atoms with Crippen LogP contribution in [0.2, 0.25) is 0 Å². The Morgan fingerprint density at radius 2 is 2.14 bits per heavy atom. The van der Waals surface area contributed by atoms with Gasteiger partial charge in [0.1, 0.15) is 0 Å². The van der Waals surface area contributed by atoms with Crippen LogP contribution in [0.25, 0.3) is 0 Å². The molecule has 1 saturated carbocycles. The van der Waals surface area contributed by atoms with Gasteiger partial charge in [0.05, 0.1) is 5.84 Å². The first kappa shape index (κ1) is 11.5. The summed E-state index contributed by atoms with van der Waals surface area (Å²) >= 11 is 0. The van der Waals surface area contributed by atoms with E-state index in [1.165, 1.54) is 12.8 Å². The number of ether oxygens (including phenoxy) is 1. The number of rotatable bonds is 7. The molecule has 3 nitrogen and oxygen atoms in total. The van der Waals surface area contributed by atoms with Crippen molar-refractivity contribution in [3.05, 3.63) is 0 Å². The van der Waals surface area contributed by atoms with Crippen LogP contribution in [-0.4, -0.2) is 19.0 Å². The van der Waals surface area contributed by atoms with Crippen LogP contribution in [0.4, 0.5) is 0 Å². The number of hydrogen-bond donors (Lipinski definition) is 2. The fourth-order valence-corrected chi connectivity index (χ4v) is 1.29. The molecule has 0 aromatic carbocycles. The first-order valence-corrected chi connectivity index (χ1v) is 5.44. The van der Waals surface area contributed by atoms with Crippen LogP contribution in [0.3, 0.4) is 0 Å². The molecule has 0 spiro atoms. The van der Waals surface area contributed by atoms with Crippen molar-refractivity contribution < 1.29 is 4.74 Å². The summed E-state index contributed by atoms with van der Waals surface area (Å²) in [5.74, 6) is 1.12. The summed E-state index contributed by atoms with van der Waals surface area (Å²) in [6.45, 7) is 5.76.